The molecule has 0 amide bonds. The second kappa shape index (κ2) is 6.67. The number of hydrogen-bond donors (Lipinski definition) is 2. The number of aliphatic carboxylic acids is 1. The maximum absolute atomic E-state index is 12.3. The lowest BCUT2D eigenvalue weighted by Crippen LogP contribution is -2.54. The van der Waals surface area contributed by atoms with E-state index in [9.17, 15) is 13.2 Å². The van der Waals surface area contributed by atoms with E-state index in [0.29, 0.717) is 13.0 Å². The molecule has 1 aliphatic heterocycles. The number of carbonyl (C=O) groups is 1. The minimum Gasteiger partial charge on any atom is -0.480 e. The Hall–Kier alpha value is -0.660. The van der Waals surface area contributed by atoms with Gasteiger partial charge < -0.3 is 5.11 Å². The van der Waals surface area contributed by atoms with Gasteiger partial charge in [-0.3, -0.25) is 4.79 Å². The summed E-state index contributed by atoms with van der Waals surface area (Å²) in [4.78, 5) is 11.2. The maximum Gasteiger partial charge on any atom is 0.322 e. The molecule has 0 aromatic carbocycles. The number of nitrogens with zero attached hydrogens (tertiary/aromatic N) is 1. The van der Waals surface area contributed by atoms with E-state index in [1.165, 1.54) is 4.31 Å². The van der Waals surface area contributed by atoms with E-state index in [2.05, 4.69) is 4.72 Å². The zero-order chi connectivity index (χ0) is 14.6. The summed E-state index contributed by atoms with van der Waals surface area (Å²) in [7, 11) is -3.73. The minimum atomic E-state index is -3.73. The van der Waals surface area contributed by atoms with E-state index in [0.717, 1.165) is 19.3 Å². The molecule has 0 bridgehead atoms. The highest BCUT2D eigenvalue weighted by Gasteiger charge is 2.35. The van der Waals surface area contributed by atoms with E-state index < -0.39 is 22.2 Å². The molecule has 1 aliphatic rings. The third-order valence-corrected chi connectivity index (χ3v) is 5.52. The highest BCUT2D eigenvalue weighted by molar-refractivity contribution is 7.87. The summed E-state index contributed by atoms with van der Waals surface area (Å²) >= 11 is 0. The number of piperidine rings is 1. The predicted molar refractivity (Wildman–Crippen MR) is 73.0 cm³/mol. The van der Waals surface area contributed by atoms with Crippen LogP contribution >= 0.6 is 0 Å². The van der Waals surface area contributed by atoms with Gasteiger partial charge in [-0.05, 0) is 25.7 Å². The third-order valence-electron chi connectivity index (χ3n) is 3.81. The molecule has 2 N–H and O–H groups in total. The number of carboxylic acids is 1. The van der Waals surface area contributed by atoms with Gasteiger partial charge in [0, 0.05) is 12.6 Å². The van der Waals surface area contributed by atoms with E-state index in [4.69, 9.17) is 5.11 Å². The minimum absolute atomic E-state index is 0.0716. The van der Waals surface area contributed by atoms with Gasteiger partial charge in [0.05, 0.1) is 0 Å². The first-order valence-corrected chi connectivity index (χ1v) is 8.25. The summed E-state index contributed by atoms with van der Waals surface area (Å²) in [6.45, 7) is 5.90. The molecule has 0 aliphatic carbocycles. The molecule has 0 aromatic heterocycles. The van der Waals surface area contributed by atoms with Gasteiger partial charge in [-0.2, -0.15) is 17.4 Å². The van der Waals surface area contributed by atoms with Crippen LogP contribution in [-0.4, -0.2) is 42.4 Å². The molecule has 1 heterocycles. The molecule has 6 nitrogen and oxygen atoms in total. The van der Waals surface area contributed by atoms with Crippen molar-refractivity contribution in [3.05, 3.63) is 0 Å². The summed E-state index contributed by atoms with van der Waals surface area (Å²) in [6, 6.07) is -1.14. The van der Waals surface area contributed by atoms with Crippen LogP contribution in [0.15, 0.2) is 0 Å². The Morgan fingerprint density at radius 2 is 2.11 bits per heavy atom. The van der Waals surface area contributed by atoms with Gasteiger partial charge in [-0.1, -0.05) is 26.7 Å². The first kappa shape index (κ1) is 16.4. The number of hydrogen-bond acceptors (Lipinski definition) is 3. The normalized spacial score (nSPS) is 24.9. The largest absolute Gasteiger partial charge is 0.480 e. The Morgan fingerprint density at radius 3 is 2.58 bits per heavy atom. The molecule has 0 saturated carbocycles. The topological polar surface area (TPSA) is 86.7 Å². The SMILES string of the molecule is CCC(C)[C@H](NS(=O)(=O)N1CCCCC1C)C(=O)O. The molecule has 0 spiro atoms. The summed E-state index contributed by atoms with van der Waals surface area (Å²) < 4.78 is 28.3. The zero-order valence-electron chi connectivity index (χ0n) is 11.8. The quantitative estimate of drug-likeness (QED) is 0.770. The molecular weight excluding hydrogens is 268 g/mol. The fraction of sp³-hybridized carbons (Fsp3) is 0.917. The fourth-order valence-corrected chi connectivity index (χ4v) is 4.04. The molecule has 1 rings (SSSR count). The average Bonchev–Trinajstić information content (AvgIpc) is 2.35. The fourth-order valence-electron chi connectivity index (χ4n) is 2.30. The van der Waals surface area contributed by atoms with Gasteiger partial charge in [0.15, 0.2) is 0 Å². The van der Waals surface area contributed by atoms with Crippen LogP contribution in [0.2, 0.25) is 0 Å². The second-order valence-electron chi connectivity index (χ2n) is 5.28. The van der Waals surface area contributed by atoms with Crippen LogP contribution in [0, 0.1) is 5.92 Å². The molecule has 3 atom stereocenters. The Bertz CT molecular complexity index is 410. The standard InChI is InChI=1S/C12H24N2O4S/c1-4-9(2)11(12(15)16)13-19(17,18)14-8-6-5-7-10(14)3/h9-11,13H,4-8H2,1-3H3,(H,15,16)/t9?,10?,11-/m0/s1. The van der Waals surface area contributed by atoms with Crippen LogP contribution in [0.5, 0.6) is 0 Å². The highest BCUT2D eigenvalue weighted by Crippen LogP contribution is 2.20. The van der Waals surface area contributed by atoms with Crippen molar-refractivity contribution in [3.63, 3.8) is 0 Å². The third kappa shape index (κ3) is 4.15. The van der Waals surface area contributed by atoms with Gasteiger partial charge >= 0.3 is 5.97 Å². The van der Waals surface area contributed by atoms with Crippen molar-refractivity contribution in [2.75, 3.05) is 6.54 Å². The Kier molecular flexibility index (Phi) is 5.76. The van der Waals surface area contributed by atoms with E-state index in [1.54, 1.807) is 6.92 Å². The Balaban J connectivity index is 2.84. The lowest BCUT2D eigenvalue weighted by Gasteiger charge is -2.33. The van der Waals surface area contributed by atoms with Gasteiger partial charge in [-0.15, -0.1) is 0 Å². The maximum atomic E-state index is 12.3. The Morgan fingerprint density at radius 1 is 1.47 bits per heavy atom. The van der Waals surface area contributed by atoms with Crippen molar-refractivity contribution in [1.82, 2.24) is 9.03 Å². The number of rotatable bonds is 6. The van der Waals surface area contributed by atoms with E-state index in [1.807, 2.05) is 13.8 Å². The van der Waals surface area contributed by atoms with Crippen molar-refractivity contribution in [2.45, 2.75) is 58.5 Å². The van der Waals surface area contributed by atoms with Crippen molar-refractivity contribution >= 4 is 16.2 Å². The van der Waals surface area contributed by atoms with Crippen molar-refractivity contribution < 1.29 is 18.3 Å². The predicted octanol–water partition coefficient (Wildman–Crippen LogP) is 1.19. The summed E-state index contributed by atoms with van der Waals surface area (Å²) in [5.41, 5.74) is 0. The Labute approximate surface area is 115 Å². The first-order chi connectivity index (χ1) is 8.79. The summed E-state index contributed by atoms with van der Waals surface area (Å²) in [5, 5.41) is 9.16. The van der Waals surface area contributed by atoms with Gasteiger partial charge in [0.1, 0.15) is 6.04 Å². The summed E-state index contributed by atoms with van der Waals surface area (Å²) in [5.74, 6) is -1.37. The molecule has 7 heteroatoms. The van der Waals surface area contributed by atoms with Crippen molar-refractivity contribution in [1.29, 1.82) is 0 Å². The van der Waals surface area contributed by atoms with Crippen LogP contribution in [0.25, 0.3) is 0 Å². The zero-order valence-corrected chi connectivity index (χ0v) is 12.6. The molecule has 0 radical (unpaired) electrons. The van der Waals surface area contributed by atoms with Crippen LogP contribution in [-0.2, 0) is 15.0 Å². The van der Waals surface area contributed by atoms with Crippen LogP contribution in [0.3, 0.4) is 0 Å². The van der Waals surface area contributed by atoms with Gasteiger partial charge in [0.2, 0.25) is 0 Å². The smallest absolute Gasteiger partial charge is 0.322 e. The van der Waals surface area contributed by atoms with Gasteiger partial charge in [-0.25, -0.2) is 0 Å². The number of nitrogens with one attached hydrogen (secondary N) is 1. The molecular formula is C12H24N2O4S. The van der Waals surface area contributed by atoms with Crippen molar-refractivity contribution in [2.24, 2.45) is 5.92 Å². The molecule has 1 saturated heterocycles. The molecule has 1 fully saturated rings. The average molecular weight is 292 g/mol. The van der Waals surface area contributed by atoms with Gasteiger partial charge in [0.25, 0.3) is 10.2 Å². The van der Waals surface area contributed by atoms with Crippen LogP contribution < -0.4 is 4.72 Å². The second-order valence-corrected chi connectivity index (χ2v) is 6.93. The summed E-state index contributed by atoms with van der Waals surface area (Å²) in [6.07, 6.45) is 3.27. The lowest BCUT2D eigenvalue weighted by molar-refractivity contribution is -0.140. The first-order valence-electron chi connectivity index (χ1n) is 6.81. The number of carboxylic acid groups (broad SMARTS) is 1. The molecule has 19 heavy (non-hydrogen) atoms. The van der Waals surface area contributed by atoms with E-state index >= 15 is 0 Å². The molecule has 112 valence electrons. The van der Waals surface area contributed by atoms with Crippen LogP contribution in [0.1, 0.15) is 46.5 Å². The lowest BCUT2D eigenvalue weighted by atomic mass is 10.0. The monoisotopic (exact) mass is 292 g/mol. The van der Waals surface area contributed by atoms with Crippen molar-refractivity contribution in [3.8, 4) is 0 Å². The van der Waals surface area contributed by atoms with Crippen LogP contribution in [0.4, 0.5) is 0 Å². The molecule has 0 aromatic rings. The molecule has 2 unspecified atom stereocenters. The highest BCUT2D eigenvalue weighted by atomic mass is 32.2. The van der Waals surface area contributed by atoms with E-state index in [-0.39, 0.29) is 12.0 Å².